The van der Waals surface area contributed by atoms with Crippen molar-refractivity contribution in [2.45, 2.75) is 31.6 Å². The highest BCUT2D eigenvalue weighted by atomic mass is 19.1. The lowest BCUT2D eigenvalue weighted by Gasteiger charge is -2.32. The van der Waals surface area contributed by atoms with Crippen LogP contribution in [-0.2, 0) is 25.3 Å². The van der Waals surface area contributed by atoms with E-state index in [4.69, 9.17) is 0 Å². The molecule has 1 aliphatic rings. The molecule has 3 heterocycles. The Morgan fingerprint density at radius 3 is 2.58 bits per heavy atom. The van der Waals surface area contributed by atoms with Gasteiger partial charge < -0.3 is 4.90 Å². The molecule has 0 bridgehead atoms. The maximum Gasteiger partial charge on any atom is 0.332 e. The Labute approximate surface area is 178 Å². The Balaban J connectivity index is 1.51. The van der Waals surface area contributed by atoms with E-state index in [1.54, 1.807) is 25.2 Å². The van der Waals surface area contributed by atoms with Gasteiger partial charge in [0.15, 0.2) is 0 Å². The molecule has 1 atom stereocenters. The third-order valence-electron chi connectivity index (χ3n) is 6.06. The van der Waals surface area contributed by atoms with E-state index in [2.05, 4.69) is 4.98 Å². The molecule has 0 radical (unpaired) electrons. The zero-order chi connectivity index (χ0) is 22.1. The second-order valence-corrected chi connectivity index (χ2v) is 8.12. The number of carbonyl (C=O) groups excluding carboxylic acids is 1. The van der Waals surface area contributed by atoms with Crippen molar-refractivity contribution < 1.29 is 9.18 Å². The monoisotopic (exact) mass is 424 g/mol. The van der Waals surface area contributed by atoms with Crippen molar-refractivity contribution in [3.8, 4) is 0 Å². The first kappa shape index (κ1) is 21.0. The molecule has 0 saturated carbocycles. The minimum absolute atomic E-state index is 0.0482. The second-order valence-electron chi connectivity index (χ2n) is 8.12. The van der Waals surface area contributed by atoms with Crippen molar-refractivity contribution in [1.82, 2.24) is 19.0 Å². The zero-order valence-electron chi connectivity index (χ0n) is 17.7. The number of carbonyl (C=O) groups is 1. The molecule has 1 aromatic carbocycles. The number of aromatic nitrogens is 3. The molecule has 31 heavy (non-hydrogen) atoms. The van der Waals surface area contributed by atoms with Gasteiger partial charge in [-0.3, -0.25) is 18.7 Å². The molecule has 1 aliphatic heterocycles. The second kappa shape index (κ2) is 8.45. The highest BCUT2D eigenvalue weighted by molar-refractivity contribution is 5.77. The van der Waals surface area contributed by atoms with Gasteiger partial charge in [0.2, 0.25) is 5.91 Å². The molecule has 0 spiro atoms. The molecule has 2 aromatic heterocycles. The first-order chi connectivity index (χ1) is 14.8. The lowest BCUT2D eigenvalue weighted by Crippen LogP contribution is -2.40. The van der Waals surface area contributed by atoms with Crippen molar-refractivity contribution in [2.75, 3.05) is 13.1 Å². The Morgan fingerprint density at radius 1 is 1.10 bits per heavy atom. The van der Waals surface area contributed by atoms with Crippen molar-refractivity contribution in [3.63, 3.8) is 0 Å². The van der Waals surface area contributed by atoms with Gasteiger partial charge >= 0.3 is 5.69 Å². The number of benzene rings is 1. The Hall–Kier alpha value is -3.29. The van der Waals surface area contributed by atoms with Crippen LogP contribution in [0.4, 0.5) is 4.39 Å². The average Bonchev–Trinajstić information content (AvgIpc) is 2.80. The summed E-state index contributed by atoms with van der Waals surface area (Å²) in [5.74, 6) is -0.171. The van der Waals surface area contributed by atoms with Crippen molar-refractivity contribution in [2.24, 2.45) is 14.1 Å². The van der Waals surface area contributed by atoms with E-state index >= 15 is 0 Å². The van der Waals surface area contributed by atoms with Gasteiger partial charge in [0.25, 0.3) is 5.56 Å². The van der Waals surface area contributed by atoms with E-state index in [0.717, 1.165) is 28.7 Å². The quantitative estimate of drug-likeness (QED) is 0.643. The molecule has 3 aromatic rings. The number of likely N-dealkylation sites (tertiary alicyclic amines) is 1. The molecule has 162 valence electrons. The van der Waals surface area contributed by atoms with Crippen LogP contribution < -0.4 is 11.2 Å². The fourth-order valence-electron chi connectivity index (χ4n) is 4.20. The normalized spacial score (nSPS) is 16.6. The third-order valence-corrected chi connectivity index (χ3v) is 6.06. The van der Waals surface area contributed by atoms with Gasteiger partial charge in [0, 0.05) is 45.2 Å². The fraction of sp³-hybridized carbons (Fsp3) is 0.391. The van der Waals surface area contributed by atoms with Crippen LogP contribution in [0.1, 0.15) is 36.4 Å². The summed E-state index contributed by atoms with van der Waals surface area (Å²) in [6, 6.07) is 9.76. The van der Waals surface area contributed by atoms with Crippen LogP contribution in [0.2, 0.25) is 0 Å². The summed E-state index contributed by atoms with van der Waals surface area (Å²) < 4.78 is 15.5. The van der Waals surface area contributed by atoms with Crippen LogP contribution in [0.25, 0.3) is 11.0 Å². The average molecular weight is 424 g/mol. The number of piperidine rings is 1. The summed E-state index contributed by atoms with van der Waals surface area (Å²) in [6.45, 7) is 1.25. The number of hydrogen-bond acceptors (Lipinski definition) is 4. The van der Waals surface area contributed by atoms with Crippen LogP contribution in [0.15, 0.2) is 46.0 Å². The summed E-state index contributed by atoms with van der Waals surface area (Å²) in [7, 11) is 3.06. The minimum atomic E-state index is -0.414. The number of nitrogens with zero attached hydrogens (tertiary/aromatic N) is 4. The molecule has 0 aliphatic carbocycles. The number of rotatable bonds is 4. The summed E-state index contributed by atoms with van der Waals surface area (Å²) in [6.07, 6.45) is 2.69. The predicted molar refractivity (Wildman–Crippen MR) is 116 cm³/mol. The Bertz CT molecular complexity index is 1250. The van der Waals surface area contributed by atoms with Crippen LogP contribution >= 0.6 is 0 Å². The number of fused-ring (bicyclic) bond motifs is 1. The molecule has 1 amide bonds. The third kappa shape index (κ3) is 4.15. The summed E-state index contributed by atoms with van der Waals surface area (Å²) >= 11 is 0. The van der Waals surface area contributed by atoms with Gasteiger partial charge in [0.05, 0.1) is 5.39 Å². The van der Waals surface area contributed by atoms with E-state index < -0.39 is 5.69 Å². The maximum atomic E-state index is 13.0. The topological polar surface area (TPSA) is 77.2 Å². The minimum Gasteiger partial charge on any atom is -0.342 e. The number of halogens is 1. The van der Waals surface area contributed by atoms with E-state index in [0.29, 0.717) is 37.0 Å². The van der Waals surface area contributed by atoms with Gasteiger partial charge in [0.1, 0.15) is 11.5 Å². The van der Waals surface area contributed by atoms with E-state index in [1.807, 2.05) is 11.0 Å². The number of aryl methyl sites for hydroxylation is 2. The smallest absolute Gasteiger partial charge is 0.332 e. The van der Waals surface area contributed by atoms with Crippen LogP contribution in [0.5, 0.6) is 0 Å². The van der Waals surface area contributed by atoms with E-state index in [9.17, 15) is 18.8 Å². The lowest BCUT2D eigenvalue weighted by atomic mass is 9.93. The van der Waals surface area contributed by atoms with Crippen molar-refractivity contribution in [1.29, 1.82) is 0 Å². The molecule has 4 rings (SSSR count). The lowest BCUT2D eigenvalue weighted by molar-refractivity contribution is -0.132. The van der Waals surface area contributed by atoms with E-state index in [1.165, 1.54) is 23.7 Å². The molecule has 0 N–H and O–H groups in total. The van der Waals surface area contributed by atoms with Gasteiger partial charge in [-0.05, 0) is 49.1 Å². The predicted octanol–water partition coefficient (Wildman–Crippen LogP) is 2.11. The van der Waals surface area contributed by atoms with Crippen LogP contribution in [-0.4, -0.2) is 38.0 Å². The fourth-order valence-corrected chi connectivity index (χ4v) is 4.20. The highest BCUT2D eigenvalue weighted by Gasteiger charge is 2.26. The van der Waals surface area contributed by atoms with Gasteiger partial charge in [-0.25, -0.2) is 14.2 Å². The van der Waals surface area contributed by atoms with Gasteiger partial charge in [-0.1, -0.05) is 12.1 Å². The Morgan fingerprint density at radius 2 is 1.84 bits per heavy atom. The standard InChI is InChI=1S/C23H25FN4O3/c1-26-21-18(22(30)27(2)23(26)31)10-11-19(25-21)16-4-3-13-28(14-16)20(29)12-7-15-5-8-17(24)9-6-15/h5-6,8-11,16H,3-4,7,12-14H2,1-2H3/t16-/m1/s1. The van der Waals surface area contributed by atoms with Crippen molar-refractivity contribution in [3.05, 3.63) is 74.3 Å². The number of amides is 1. The molecule has 1 saturated heterocycles. The van der Waals surface area contributed by atoms with Gasteiger partial charge in [-0.2, -0.15) is 0 Å². The molecule has 7 nitrogen and oxygen atoms in total. The summed E-state index contributed by atoms with van der Waals surface area (Å²) in [5.41, 5.74) is 1.31. The molecule has 8 heteroatoms. The largest absolute Gasteiger partial charge is 0.342 e. The number of pyridine rings is 1. The van der Waals surface area contributed by atoms with Crippen molar-refractivity contribution >= 4 is 16.9 Å². The van der Waals surface area contributed by atoms with Crippen LogP contribution in [0.3, 0.4) is 0 Å². The molecule has 0 unspecified atom stereocenters. The first-order valence-corrected chi connectivity index (χ1v) is 10.4. The maximum absolute atomic E-state index is 13.0. The first-order valence-electron chi connectivity index (χ1n) is 10.4. The zero-order valence-corrected chi connectivity index (χ0v) is 17.7. The molecular formula is C23H25FN4O3. The highest BCUT2D eigenvalue weighted by Crippen LogP contribution is 2.27. The Kier molecular flexibility index (Phi) is 5.71. The van der Waals surface area contributed by atoms with Crippen LogP contribution in [0, 0.1) is 5.82 Å². The summed E-state index contributed by atoms with van der Waals surface area (Å²) in [5, 5.41) is 0.399. The molecule has 1 fully saturated rings. The summed E-state index contributed by atoms with van der Waals surface area (Å²) in [4.78, 5) is 43.9. The number of hydrogen-bond donors (Lipinski definition) is 0. The van der Waals surface area contributed by atoms with E-state index in [-0.39, 0.29) is 23.2 Å². The molecular weight excluding hydrogens is 399 g/mol. The SMILES string of the molecule is Cn1c(=O)c2ccc([C@@H]3CCCN(C(=O)CCc4ccc(F)cc4)C3)nc2n(C)c1=O. The van der Waals surface area contributed by atoms with Gasteiger partial charge in [-0.15, -0.1) is 0 Å².